The normalized spacial score (nSPS) is 20.9. The number of rotatable bonds is 6. The molecule has 0 bridgehead atoms. The van der Waals surface area contributed by atoms with Crippen molar-refractivity contribution in [1.29, 1.82) is 0 Å². The van der Waals surface area contributed by atoms with Crippen molar-refractivity contribution in [2.75, 3.05) is 13.1 Å². The number of hydrogen-bond donors (Lipinski definition) is 1. The van der Waals surface area contributed by atoms with E-state index in [1.165, 1.54) is 25.7 Å². The van der Waals surface area contributed by atoms with Gasteiger partial charge < -0.3 is 10.0 Å². The summed E-state index contributed by atoms with van der Waals surface area (Å²) >= 11 is 0. The van der Waals surface area contributed by atoms with Crippen LogP contribution in [0.1, 0.15) is 52.4 Å². The third kappa shape index (κ3) is 3.78. The maximum atomic E-state index is 10.9. The number of likely N-dealkylation sites (tertiary alicyclic amines) is 1. The number of hydrogen-bond acceptors (Lipinski definition) is 2. The second-order valence-corrected chi connectivity index (χ2v) is 4.85. The first-order valence-corrected chi connectivity index (χ1v) is 6.65. The minimum Gasteiger partial charge on any atom is -0.481 e. The fourth-order valence-corrected chi connectivity index (χ4v) is 2.60. The topological polar surface area (TPSA) is 40.5 Å². The molecule has 1 fully saturated rings. The van der Waals surface area contributed by atoms with E-state index in [-0.39, 0.29) is 5.92 Å². The predicted octanol–water partition coefficient (Wildman–Crippen LogP) is 2.75. The van der Waals surface area contributed by atoms with E-state index in [9.17, 15) is 4.79 Å². The Morgan fingerprint density at radius 2 is 2.00 bits per heavy atom. The first-order chi connectivity index (χ1) is 7.69. The second-order valence-electron chi connectivity index (χ2n) is 4.85. The summed E-state index contributed by atoms with van der Waals surface area (Å²) in [5.74, 6) is -0.707. The summed E-state index contributed by atoms with van der Waals surface area (Å²) in [6, 6.07) is 0.676. The van der Waals surface area contributed by atoms with Crippen molar-refractivity contribution >= 4 is 5.97 Å². The summed E-state index contributed by atoms with van der Waals surface area (Å²) in [5, 5.41) is 8.94. The molecular weight excluding hydrogens is 202 g/mol. The Morgan fingerprint density at radius 1 is 1.38 bits per heavy atom. The molecule has 0 aromatic rings. The lowest BCUT2D eigenvalue weighted by molar-refractivity contribution is -0.143. The number of nitrogens with zero attached hydrogens (tertiary/aromatic N) is 1. The highest BCUT2D eigenvalue weighted by Crippen LogP contribution is 2.22. The van der Waals surface area contributed by atoms with Crippen LogP contribution in [0.15, 0.2) is 0 Å². The van der Waals surface area contributed by atoms with Crippen LogP contribution in [0.5, 0.6) is 0 Å². The standard InChI is InChI=1S/C13H25NO2/c1-3-5-6-12(4-2)14-9-7-11(8-10-14)13(15)16/h11-12H,3-10H2,1-2H3,(H,15,16). The average Bonchev–Trinajstić information content (AvgIpc) is 2.30. The Labute approximate surface area is 98.8 Å². The zero-order valence-corrected chi connectivity index (χ0v) is 10.6. The lowest BCUT2D eigenvalue weighted by atomic mass is 9.94. The van der Waals surface area contributed by atoms with Crippen LogP contribution in [-0.4, -0.2) is 35.1 Å². The van der Waals surface area contributed by atoms with E-state index in [1.54, 1.807) is 0 Å². The van der Waals surface area contributed by atoms with Gasteiger partial charge >= 0.3 is 5.97 Å². The summed E-state index contributed by atoms with van der Waals surface area (Å²) in [5.41, 5.74) is 0. The third-order valence-corrected chi connectivity index (χ3v) is 3.76. The number of carbonyl (C=O) groups is 1. The molecule has 0 aromatic heterocycles. The van der Waals surface area contributed by atoms with E-state index < -0.39 is 5.97 Å². The van der Waals surface area contributed by atoms with Crippen LogP contribution in [-0.2, 0) is 4.79 Å². The Hall–Kier alpha value is -0.570. The maximum Gasteiger partial charge on any atom is 0.306 e. The van der Waals surface area contributed by atoms with Crippen molar-refractivity contribution in [2.45, 2.75) is 58.4 Å². The number of carboxylic acid groups (broad SMARTS) is 1. The van der Waals surface area contributed by atoms with Crippen molar-refractivity contribution in [1.82, 2.24) is 4.90 Å². The second kappa shape index (κ2) is 6.89. The Morgan fingerprint density at radius 3 is 2.44 bits per heavy atom. The summed E-state index contributed by atoms with van der Waals surface area (Å²) in [6.45, 7) is 6.41. The van der Waals surface area contributed by atoms with Crippen LogP contribution in [0.25, 0.3) is 0 Å². The van der Waals surface area contributed by atoms with E-state index in [2.05, 4.69) is 18.7 Å². The summed E-state index contributed by atoms with van der Waals surface area (Å²) in [6.07, 6.45) is 6.66. The molecule has 1 atom stereocenters. The van der Waals surface area contributed by atoms with E-state index in [0.29, 0.717) is 6.04 Å². The molecule has 3 heteroatoms. The number of piperidine rings is 1. The molecule has 1 aliphatic heterocycles. The lowest BCUT2D eigenvalue weighted by Gasteiger charge is -2.36. The SMILES string of the molecule is CCCCC(CC)N1CCC(C(=O)O)CC1. The van der Waals surface area contributed by atoms with Gasteiger partial charge in [0.25, 0.3) is 0 Å². The molecular formula is C13H25NO2. The van der Waals surface area contributed by atoms with Gasteiger partial charge in [-0.2, -0.15) is 0 Å². The maximum absolute atomic E-state index is 10.9. The summed E-state index contributed by atoms with van der Waals surface area (Å²) < 4.78 is 0. The molecule has 0 spiro atoms. The van der Waals surface area contributed by atoms with Gasteiger partial charge in [0.2, 0.25) is 0 Å². The van der Waals surface area contributed by atoms with Crippen molar-refractivity contribution in [3.63, 3.8) is 0 Å². The van der Waals surface area contributed by atoms with Gasteiger partial charge in [0, 0.05) is 6.04 Å². The molecule has 0 aromatic carbocycles. The molecule has 3 nitrogen and oxygen atoms in total. The van der Waals surface area contributed by atoms with Crippen molar-refractivity contribution in [3.8, 4) is 0 Å². The third-order valence-electron chi connectivity index (χ3n) is 3.76. The summed E-state index contributed by atoms with van der Waals surface area (Å²) in [7, 11) is 0. The fourth-order valence-electron chi connectivity index (χ4n) is 2.60. The molecule has 1 rings (SSSR count). The molecule has 1 unspecified atom stereocenters. The molecule has 0 radical (unpaired) electrons. The van der Waals surface area contributed by atoms with E-state index in [4.69, 9.17) is 5.11 Å². The van der Waals surface area contributed by atoms with Gasteiger partial charge in [0.15, 0.2) is 0 Å². The quantitative estimate of drug-likeness (QED) is 0.758. The minimum absolute atomic E-state index is 0.0973. The largest absolute Gasteiger partial charge is 0.481 e. The van der Waals surface area contributed by atoms with E-state index in [0.717, 1.165) is 25.9 Å². The van der Waals surface area contributed by atoms with Crippen LogP contribution in [0, 0.1) is 5.92 Å². The number of carboxylic acids is 1. The molecule has 0 amide bonds. The fraction of sp³-hybridized carbons (Fsp3) is 0.923. The van der Waals surface area contributed by atoms with Gasteiger partial charge in [-0.05, 0) is 38.8 Å². The smallest absolute Gasteiger partial charge is 0.306 e. The van der Waals surface area contributed by atoms with Gasteiger partial charge in [-0.15, -0.1) is 0 Å². The van der Waals surface area contributed by atoms with Crippen LogP contribution in [0.3, 0.4) is 0 Å². The first-order valence-electron chi connectivity index (χ1n) is 6.65. The predicted molar refractivity (Wildman–Crippen MR) is 65.5 cm³/mol. The first kappa shape index (κ1) is 13.5. The van der Waals surface area contributed by atoms with Crippen LogP contribution in [0.4, 0.5) is 0 Å². The molecule has 1 aliphatic rings. The molecule has 1 saturated heterocycles. The van der Waals surface area contributed by atoms with Crippen molar-refractivity contribution < 1.29 is 9.90 Å². The molecule has 0 saturated carbocycles. The Kier molecular flexibility index (Phi) is 5.81. The van der Waals surface area contributed by atoms with Crippen molar-refractivity contribution in [2.24, 2.45) is 5.92 Å². The number of unbranched alkanes of at least 4 members (excludes halogenated alkanes) is 1. The van der Waals surface area contributed by atoms with Gasteiger partial charge in [0.05, 0.1) is 5.92 Å². The van der Waals surface area contributed by atoms with Crippen LogP contribution in [0.2, 0.25) is 0 Å². The minimum atomic E-state index is -0.610. The monoisotopic (exact) mass is 227 g/mol. The van der Waals surface area contributed by atoms with Gasteiger partial charge in [0.1, 0.15) is 0 Å². The highest BCUT2D eigenvalue weighted by Gasteiger charge is 2.27. The molecule has 94 valence electrons. The zero-order chi connectivity index (χ0) is 12.0. The van der Waals surface area contributed by atoms with E-state index >= 15 is 0 Å². The van der Waals surface area contributed by atoms with Gasteiger partial charge in [-0.25, -0.2) is 0 Å². The number of aliphatic carboxylic acids is 1. The van der Waals surface area contributed by atoms with Crippen LogP contribution >= 0.6 is 0 Å². The zero-order valence-electron chi connectivity index (χ0n) is 10.6. The highest BCUT2D eigenvalue weighted by atomic mass is 16.4. The van der Waals surface area contributed by atoms with Crippen molar-refractivity contribution in [3.05, 3.63) is 0 Å². The van der Waals surface area contributed by atoms with Crippen LogP contribution < -0.4 is 0 Å². The summed E-state index contributed by atoms with van der Waals surface area (Å²) in [4.78, 5) is 13.3. The average molecular weight is 227 g/mol. The van der Waals surface area contributed by atoms with Gasteiger partial charge in [-0.1, -0.05) is 26.7 Å². The Bertz CT molecular complexity index is 210. The molecule has 0 aliphatic carbocycles. The Balaban J connectivity index is 2.35. The molecule has 1 heterocycles. The van der Waals surface area contributed by atoms with Gasteiger partial charge in [-0.3, -0.25) is 4.79 Å². The molecule has 16 heavy (non-hydrogen) atoms. The molecule has 1 N–H and O–H groups in total. The highest BCUT2D eigenvalue weighted by molar-refractivity contribution is 5.70. The van der Waals surface area contributed by atoms with E-state index in [1.807, 2.05) is 0 Å². The lowest BCUT2D eigenvalue weighted by Crippen LogP contribution is -2.42.